The van der Waals surface area contributed by atoms with Gasteiger partial charge in [0.1, 0.15) is 5.69 Å². The summed E-state index contributed by atoms with van der Waals surface area (Å²) in [5.74, 6) is -0.345. The maximum atomic E-state index is 11.8. The van der Waals surface area contributed by atoms with Crippen molar-refractivity contribution >= 4 is 17.3 Å². The molecule has 0 saturated carbocycles. The van der Waals surface area contributed by atoms with Crippen molar-refractivity contribution in [1.29, 1.82) is 0 Å². The third kappa shape index (κ3) is 3.89. The van der Waals surface area contributed by atoms with Gasteiger partial charge in [-0.15, -0.1) is 0 Å². The zero-order valence-corrected chi connectivity index (χ0v) is 16.7. The maximum absolute atomic E-state index is 11.8. The summed E-state index contributed by atoms with van der Waals surface area (Å²) in [7, 11) is 1.50. The Kier molecular flexibility index (Phi) is 5.47. The number of benzene rings is 2. The molecular formula is C22H23N5O3. The van der Waals surface area contributed by atoms with Crippen molar-refractivity contribution in [2.24, 2.45) is 0 Å². The summed E-state index contributed by atoms with van der Waals surface area (Å²) in [6, 6.07) is 14.9. The number of hydrogen-bond acceptors (Lipinski definition) is 5. The highest BCUT2D eigenvalue weighted by Crippen LogP contribution is 2.32. The number of carbonyl (C=O) groups is 1. The molecule has 3 aromatic rings. The highest BCUT2D eigenvalue weighted by Gasteiger charge is 2.27. The fourth-order valence-electron chi connectivity index (χ4n) is 3.89. The summed E-state index contributed by atoms with van der Waals surface area (Å²) in [6.45, 7) is 2.02. The van der Waals surface area contributed by atoms with Gasteiger partial charge in [0.15, 0.2) is 0 Å². The van der Waals surface area contributed by atoms with Gasteiger partial charge in [-0.05, 0) is 24.1 Å². The van der Waals surface area contributed by atoms with E-state index < -0.39 is 4.92 Å². The van der Waals surface area contributed by atoms with E-state index >= 15 is 0 Å². The van der Waals surface area contributed by atoms with Crippen molar-refractivity contribution < 1.29 is 9.72 Å². The molecule has 1 N–H and O–H groups in total. The van der Waals surface area contributed by atoms with Crippen LogP contribution in [0.25, 0.3) is 0 Å². The van der Waals surface area contributed by atoms with Crippen LogP contribution in [-0.4, -0.2) is 34.0 Å². The van der Waals surface area contributed by atoms with Crippen LogP contribution in [0.5, 0.6) is 0 Å². The van der Waals surface area contributed by atoms with E-state index in [4.69, 9.17) is 0 Å². The summed E-state index contributed by atoms with van der Waals surface area (Å²) in [5.41, 5.74) is 4.13. The first-order valence-corrected chi connectivity index (χ1v) is 9.89. The Bertz CT molecular complexity index is 1080. The van der Waals surface area contributed by atoms with E-state index in [0.717, 1.165) is 25.1 Å². The number of carbonyl (C=O) groups excluding carboxylic acids is 1. The molecule has 1 aliphatic rings. The van der Waals surface area contributed by atoms with Gasteiger partial charge in [-0.3, -0.25) is 14.9 Å². The van der Waals surface area contributed by atoms with E-state index in [2.05, 4.69) is 27.0 Å². The number of anilines is 1. The minimum Gasteiger partial charge on any atom is -0.360 e. The Morgan fingerprint density at radius 1 is 1.23 bits per heavy atom. The van der Waals surface area contributed by atoms with E-state index in [1.165, 1.54) is 24.4 Å². The number of nitrogens with one attached hydrogen (secondary N) is 1. The number of amides is 1. The van der Waals surface area contributed by atoms with Gasteiger partial charge in [-0.25, -0.2) is 4.98 Å². The Balaban J connectivity index is 1.53. The molecule has 30 heavy (non-hydrogen) atoms. The predicted molar refractivity (Wildman–Crippen MR) is 114 cm³/mol. The molecule has 1 aromatic heterocycles. The summed E-state index contributed by atoms with van der Waals surface area (Å²) < 4.78 is 2.18. The van der Waals surface area contributed by atoms with Crippen molar-refractivity contribution in [2.75, 3.05) is 18.5 Å². The van der Waals surface area contributed by atoms with E-state index in [1.54, 1.807) is 12.1 Å². The minimum absolute atomic E-state index is 0.0666. The Hall–Kier alpha value is -3.68. The van der Waals surface area contributed by atoms with Crippen molar-refractivity contribution in [3.05, 3.63) is 87.5 Å². The molecule has 0 bridgehead atoms. The van der Waals surface area contributed by atoms with Crippen molar-refractivity contribution in [3.8, 4) is 0 Å². The first-order chi connectivity index (χ1) is 14.6. The lowest BCUT2D eigenvalue weighted by molar-refractivity contribution is -0.384. The quantitative estimate of drug-likeness (QED) is 0.503. The standard InChI is InChI=1S/C22H23N5O3/c1-23-22(28)17-7-8-20(21(13-17)27(29)30)25-12-10-19-18(14-25)24-15-26(19)11-9-16-5-3-2-4-6-16/h2-8,13,15H,9-12,14H2,1H3,(H,23,28). The van der Waals surface area contributed by atoms with Crippen LogP contribution in [-0.2, 0) is 25.9 Å². The third-order valence-corrected chi connectivity index (χ3v) is 5.48. The molecule has 8 nitrogen and oxygen atoms in total. The van der Waals surface area contributed by atoms with E-state index in [9.17, 15) is 14.9 Å². The van der Waals surface area contributed by atoms with Crippen LogP contribution in [0, 0.1) is 10.1 Å². The van der Waals surface area contributed by atoms with Crippen LogP contribution in [0.2, 0.25) is 0 Å². The average Bonchev–Trinajstić information content (AvgIpc) is 3.19. The van der Waals surface area contributed by atoms with E-state index in [-0.39, 0.29) is 17.2 Å². The molecule has 0 spiro atoms. The third-order valence-electron chi connectivity index (χ3n) is 5.48. The monoisotopic (exact) mass is 405 g/mol. The van der Waals surface area contributed by atoms with Crippen molar-refractivity contribution in [2.45, 2.75) is 25.9 Å². The van der Waals surface area contributed by atoms with Crippen LogP contribution in [0.15, 0.2) is 54.9 Å². The highest BCUT2D eigenvalue weighted by atomic mass is 16.6. The second-order valence-electron chi connectivity index (χ2n) is 7.28. The molecule has 8 heteroatoms. The first-order valence-electron chi connectivity index (χ1n) is 9.89. The maximum Gasteiger partial charge on any atom is 0.293 e. The van der Waals surface area contributed by atoms with Crippen LogP contribution in [0.3, 0.4) is 0 Å². The molecule has 1 amide bonds. The second-order valence-corrected chi connectivity index (χ2v) is 7.28. The van der Waals surface area contributed by atoms with Crippen LogP contribution < -0.4 is 10.2 Å². The summed E-state index contributed by atoms with van der Waals surface area (Å²) in [5, 5.41) is 14.1. The van der Waals surface area contributed by atoms with Crippen LogP contribution >= 0.6 is 0 Å². The zero-order chi connectivity index (χ0) is 21.1. The number of aryl methyl sites for hydroxylation is 2. The molecule has 0 aliphatic carbocycles. The fraction of sp³-hybridized carbons (Fsp3) is 0.273. The van der Waals surface area contributed by atoms with Gasteiger partial charge in [0.05, 0.1) is 23.5 Å². The number of aromatic nitrogens is 2. The lowest BCUT2D eigenvalue weighted by atomic mass is 10.1. The van der Waals surface area contributed by atoms with Gasteiger partial charge in [-0.1, -0.05) is 30.3 Å². The Morgan fingerprint density at radius 3 is 2.77 bits per heavy atom. The number of nitro benzene ring substituents is 1. The molecule has 0 radical (unpaired) electrons. The van der Waals surface area contributed by atoms with Crippen molar-refractivity contribution in [3.63, 3.8) is 0 Å². The molecule has 0 saturated heterocycles. The van der Waals surface area contributed by atoms with Gasteiger partial charge < -0.3 is 14.8 Å². The predicted octanol–water partition coefficient (Wildman–Crippen LogP) is 2.96. The van der Waals surface area contributed by atoms with Gasteiger partial charge in [-0.2, -0.15) is 0 Å². The van der Waals surface area contributed by atoms with Gasteiger partial charge in [0, 0.05) is 43.9 Å². The number of rotatable bonds is 6. The molecule has 0 unspecified atom stereocenters. The topological polar surface area (TPSA) is 93.3 Å². The molecular weight excluding hydrogens is 382 g/mol. The molecule has 4 rings (SSSR count). The first kappa shape index (κ1) is 19.6. The Labute approximate surface area is 174 Å². The largest absolute Gasteiger partial charge is 0.360 e. The molecule has 0 fully saturated rings. The smallest absolute Gasteiger partial charge is 0.293 e. The number of imidazole rings is 1. The summed E-state index contributed by atoms with van der Waals surface area (Å²) >= 11 is 0. The molecule has 2 heterocycles. The number of fused-ring (bicyclic) bond motifs is 1. The van der Waals surface area contributed by atoms with E-state index in [0.29, 0.717) is 18.8 Å². The lowest BCUT2D eigenvalue weighted by Gasteiger charge is -2.29. The van der Waals surface area contributed by atoms with Crippen LogP contribution in [0.1, 0.15) is 27.3 Å². The molecule has 2 aromatic carbocycles. The van der Waals surface area contributed by atoms with Gasteiger partial charge in [0.25, 0.3) is 11.6 Å². The number of nitrogens with zero attached hydrogens (tertiary/aromatic N) is 4. The van der Waals surface area contributed by atoms with Gasteiger partial charge in [0.2, 0.25) is 0 Å². The molecule has 154 valence electrons. The zero-order valence-electron chi connectivity index (χ0n) is 16.7. The summed E-state index contributed by atoms with van der Waals surface area (Å²) in [4.78, 5) is 29.6. The Morgan fingerprint density at radius 2 is 2.03 bits per heavy atom. The van der Waals surface area contributed by atoms with E-state index in [1.807, 2.05) is 29.4 Å². The van der Waals surface area contributed by atoms with Gasteiger partial charge >= 0.3 is 0 Å². The minimum atomic E-state index is -0.435. The number of hydrogen-bond donors (Lipinski definition) is 1. The highest BCUT2D eigenvalue weighted by molar-refractivity contribution is 5.95. The summed E-state index contributed by atoms with van der Waals surface area (Å²) in [6.07, 6.45) is 3.55. The van der Waals surface area contributed by atoms with Crippen LogP contribution in [0.4, 0.5) is 11.4 Å². The number of nitro groups is 1. The van der Waals surface area contributed by atoms with Crippen molar-refractivity contribution in [1.82, 2.24) is 14.9 Å². The molecule has 0 atom stereocenters. The average molecular weight is 405 g/mol. The molecule has 1 aliphatic heterocycles. The lowest BCUT2D eigenvalue weighted by Crippen LogP contribution is -2.32. The SMILES string of the molecule is CNC(=O)c1ccc(N2CCc3c(ncn3CCc3ccccc3)C2)c([N+](=O)[O-])c1. The second kappa shape index (κ2) is 8.36. The normalized spacial score (nSPS) is 13.0. The fourth-order valence-corrected chi connectivity index (χ4v) is 3.89.